The van der Waals surface area contributed by atoms with E-state index in [-0.39, 0.29) is 0 Å². The molecule has 0 aromatic heterocycles. The molecule has 2 heteroatoms. The van der Waals surface area contributed by atoms with E-state index in [9.17, 15) is 0 Å². The minimum Gasteiger partial charge on any atom is -0.315 e. The Bertz CT molecular complexity index is 164. The first-order chi connectivity index (χ1) is 7.19. The quantitative estimate of drug-likeness (QED) is 0.728. The molecule has 15 heavy (non-hydrogen) atoms. The molecule has 0 aliphatic heterocycles. The van der Waals surface area contributed by atoms with Crippen molar-refractivity contribution in [2.24, 2.45) is 5.92 Å². The molecular weight excluding hydrogens is 184 g/mol. The van der Waals surface area contributed by atoms with Crippen LogP contribution in [0.5, 0.6) is 0 Å². The fourth-order valence-electron chi connectivity index (χ4n) is 2.64. The van der Waals surface area contributed by atoms with Gasteiger partial charge in [0, 0.05) is 18.6 Å². The topological polar surface area (TPSA) is 15.3 Å². The van der Waals surface area contributed by atoms with Crippen molar-refractivity contribution in [3.63, 3.8) is 0 Å². The summed E-state index contributed by atoms with van der Waals surface area (Å²) in [5.74, 6) is 0.918. The van der Waals surface area contributed by atoms with E-state index in [4.69, 9.17) is 0 Å². The van der Waals surface area contributed by atoms with Crippen LogP contribution in [0.4, 0.5) is 0 Å². The molecule has 0 amide bonds. The van der Waals surface area contributed by atoms with Crippen LogP contribution in [0.15, 0.2) is 0 Å². The van der Waals surface area contributed by atoms with Crippen LogP contribution < -0.4 is 5.32 Å². The standard InChI is InChI=1S/C13H28N2/c1-5-11(2)15(4)10-13(14-3)12-8-6-7-9-12/h11-14H,5-10H2,1-4H3. The van der Waals surface area contributed by atoms with Crippen molar-refractivity contribution in [2.75, 3.05) is 20.6 Å². The number of nitrogens with zero attached hydrogens (tertiary/aromatic N) is 1. The lowest BCUT2D eigenvalue weighted by Crippen LogP contribution is -2.44. The van der Waals surface area contributed by atoms with Gasteiger partial charge in [-0.05, 0) is 46.2 Å². The predicted molar refractivity (Wildman–Crippen MR) is 67.2 cm³/mol. The molecule has 2 nitrogen and oxygen atoms in total. The van der Waals surface area contributed by atoms with E-state index in [0.717, 1.165) is 5.92 Å². The number of hydrogen-bond acceptors (Lipinski definition) is 2. The first-order valence-corrected chi connectivity index (χ1v) is 6.56. The SMILES string of the molecule is CCC(C)N(C)CC(NC)C1CCCC1. The van der Waals surface area contributed by atoms with E-state index in [1.807, 2.05) is 0 Å². The summed E-state index contributed by atoms with van der Waals surface area (Å²) in [4.78, 5) is 2.50. The zero-order valence-corrected chi connectivity index (χ0v) is 10.9. The van der Waals surface area contributed by atoms with E-state index in [1.54, 1.807) is 0 Å². The van der Waals surface area contributed by atoms with Gasteiger partial charge in [-0.1, -0.05) is 19.8 Å². The lowest BCUT2D eigenvalue weighted by molar-refractivity contribution is 0.199. The minimum absolute atomic E-state index is 0.700. The molecule has 1 rings (SSSR count). The molecule has 0 spiro atoms. The average Bonchev–Trinajstić information content (AvgIpc) is 2.77. The van der Waals surface area contributed by atoms with Gasteiger partial charge in [0.1, 0.15) is 0 Å². The van der Waals surface area contributed by atoms with Crippen molar-refractivity contribution in [3.05, 3.63) is 0 Å². The maximum absolute atomic E-state index is 3.51. The van der Waals surface area contributed by atoms with E-state index in [2.05, 4.69) is 38.2 Å². The summed E-state index contributed by atoms with van der Waals surface area (Å²) in [5.41, 5.74) is 0. The van der Waals surface area contributed by atoms with Crippen LogP contribution in [-0.2, 0) is 0 Å². The summed E-state index contributed by atoms with van der Waals surface area (Å²) in [6, 6.07) is 1.41. The summed E-state index contributed by atoms with van der Waals surface area (Å²) < 4.78 is 0. The Labute approximate surface area is 95.4 Å². The summed E-state index contributed by atoms with van der Waals surface area (Å²) in [5, 5.41) is 3.51. The van der Waals surface area contributed by atoms with E-state index in [1.165, 1.54) is 38.6 Å². The van der Waals surface area contributed by atoms with Crippen LogP contribution >= 0.6 is 0 Å². The molecule has 0 saturated heterocycles. The molecule has 0 aromatic rings. The van der Waals surface area contributed by atoms with Gasteiger partial charge < -0.3 is 10.2 Å². The smallest absolute Gasteiger partial charge is 0.0220 e. The lowest BCUT2D eigenvalue weighted by atomic mass is 9.97. The molecule has 1 aliphatic carbocycles. The molecule has 0 aromatic carbocycles. The molecule has 90 valence electrons. The molecule has 2 unspecified atom stereocenters. The monoisotopic (exact) mass is 212 g/mol. The highest BCUT2D eigenvalue weighted by molar-refractivity contribution is 4.82. The van der Waals surface area contributed by atoms with Gasteiger partial charge >= 0.3 is 0 Å². The van der Waals surface area contributed by atoms with Crippen molar-refractivity contribution in [1.29, 1.82) is 0 Å². The minimum atomic E-state index is 0.700. The normalized spacial score (nSPS) is 22.2. The second kappa shape index (κ2) is 6.49. The number of nitrogens with one attached hydrogen (secondary N) is 1. The van der Waals surface area contributed by atoms with Gasteiger partial charge in [-0.25, -0.2) is 0 Å². The summed E-state index contributed by atoms with van der Waals surface area (Å²) >= 11 is 0. The fraction of sp³-hybridized carbons (Fsp3) is 1.00. The van der Waals surface area contributed by atoms with E-state index < -0.39 is 0 Å². The Morgan fingerprint density at radius 1 is 1.33 bits per heavy atom. The Balaban J connectivity index is 2.38. The largest absolute Gasteiger partial charge is 0.315 e. The third-order valence-electron chi connectivity index (χ3n) is 4.17. The zero-order chi connectivity index (χ0) is 11.3. The molecule has 1 saturated carbocycles. The number of likely N-dealkylation sites (N-methyl/N-ethyl adjacent to an activating group) is 2. The fourth-order valence-corrected chi connectivity index (χ4v) is 2.64. The van der Waals surface area contributed by atoms with Crippen molar-refractivity contribution in [2.45, 2.75) is 58.0 Å². The third-order valence-corrected chi connectivity index (χ3v) is 4.17. The van der Waals surface area contributed by atoms with Gasteiger partial charge in [0.2, 0.25) is 0 Å². The van der Waals surface area contributed by atoms with E-state index in [0.29, 0.717) is 12.1 Å². The Kier molecular flexibility index (Phi) is 5.62. The summed E-state index contributed by atoms with van der Waals surface area (Å²) in [7, 11) is 4.38. The first kappa shape index (κ1) is 13.0. The molecule has 0 bridgehead atoms. The van der Waals surface area contributed by atoms with Crippen LogP contribution in [0, 0.1) is 5.92 Å². The van der Waals surface area contributed by atoms with Crippen molar-refractivity contribution >= 4 is 0 Å². The van der Waals surface area contributed by atoms with Gasteiger partial charge in [0.15, 0.2) is 0 Å². The predicted octanol–water partition coefficient (Wildman–Crippen LogP) is 2.49. The highest BCUT2D eigenvalue weighted by Gasteiger charge is 2.25. The maximum Gasteiger partial charge on any atom is 0.0220 e. The Morgan fingerprint density at radius 2 is 1.93 bits per heavy atom. The van der Waals surface area contributed by atoms with Gasteiger partial charge in [0.25, 0.3) is 0 Å². The summed E-state index contributed by atoms with van der Waals surface area (Å²) in [6.07, 6.45) is 6.99. The summed E-state index contributed by atoms with van der Waals surface area (Å²) in [6.45, 7) is 5.79. The highest BCUT2D eigenvalue weighted by atomic mass is 15.1. The molecule has 1 N–H and O–H groups in total. The maximum atomic E-state index is 3.51. The molecule has 0 heterocycles. The zero-order valence-electron chi connectivity index (χ0n) is 10.9. The molecule has 0 radical (unpaired) electrons. The van der Waals surface area contributed by atoms with Crippen LogP contribution in [0.25, 0.3) is 0 Å². The lowest BCUT2D eigenvalue weighted by Gasteiger charge is -2.31. The number of rotatable bonds is 6. The second-order valence-electron chi connectivity index (χ2n) is 5.14. The first-order valence-electron chi connectivity index (χ1n) is 6.56. The average molecular weight is 212 g/mol. The van der Waals surface area contributed by atoms with Gasteiger partial charge in [0.05, 0.1) is 0 Å². The van der Waals surface area contributed by atoms with Crippen LogP contribution in [-0.4, -0.2) is 37.6 Å². The van der Waals surface area contributed by atoms with E-state index >= 15 is 0 Å². The Hall–Kier alpha value is -0.0800. The van der Waals surface area contributed by atoms with Crippen LogP contribution in [0.3, 0.4) is 0 Å². The highest BCUT2D eigenvalue weighted by Crippen LogP contribution is 2.28. The van der Waals surface area contributed by atoms with Crippen LogP contribution in [0.2, 0.25) is 0 Å². The Morgan fingerprint density at radius 3 is 2.40 bits per heavy atom. The molecular formula is C13H28N2. The molecule has 1 aliphatic rings. The molecule has 1 fully saturated rings. The van der Waals surface area contributed by atoms with Crippen molar-refractivity contribution in [1.82, 2.24) is 10.2 Å². The number of hydrogen-bond donors (Lipinski definition) is 1. The van der Waals surface area contributed by atoms with Crippen LogP contribution in [0.1, 0.15) is 46.0 Å². The third kappa shape index (κ3) is 3.76. The van der Waals surface area contributed by atoms with Crippen molar-refractivity contribution < 1.29 is 0 Å². The van der Waals surface area contributed by atoms with Gasteiger partial charge in [-0.2, -0.15) is 0 Å². The van der Waals surface area contributed by atoms with Gasteiger partial charge in [-0.15, -0.1) is 0 Å². The van der Waals surface area contributed by atoms with Crippen molar-refractivity contribution in [3.8, 4) is 0 Å². The molecule has 2 atom stereocenters. The second-order valence-corrected chi connectivity index (χ2v) is 5.14. The van der Waals surface area contributed by atoms with Gasteiger partial charge in [-0.3, -0.25) is 0 Å².